The number of halogens is 3. The van der Waals surface area contributed by atoms with Crippen LogP contribution >= 0.6 is 0 Å². The molecule has 10 heteroatoms. The van der Waals surface area contributed by atoms with Crippen LogP contribution in [0.5, 0.6) is 5.75 Å². The van der Waals surface area contributed by atoms with Crippen LogP contribution < -0.4 is 10.1 Å². The summed E-state index contributed by atoms with van der Waals surface area (Å²) in [6.45, 7) is 0.137. The third kappa shape index (κ3) is 4.22. The van der Waals surface area contributed by atoms with E-state index in [-0.39, 0.29) is 16.9 Å². The van der Waals surface area contributed by atoms with Crippen LogP contribution in [0.3, 0.4) is 0 Å². The number of nitrogens with one attached hydrogen (secondary N) is 1. The van der Waals surface area contributed by atoms with E-state index in [2.05, 4.69) is 10.3 Å². The Bertz CT molecular complexity index is 1110. The highest BCUT2D eigenvalue weighted by Crippen LogP contribution is 2.35. The minimum atomic E-state index is -4.66. The van der Waals surface area contributed by atoms with Gasteiger partial charge in [0.2, 0.25) is 0 Å². The number of fused-ring (bicyclic) bond motifs is 1. The molecule has 1 aromatic carbocycles. The van der Waals surface area contributed by atoms with Crippen molar-refractivity contribution in [3.8, 4) is 5.75 Å². The molecular weight excluding hydrogens is 403 g/mol. The van der Waals surface area contributed by atoms with Gasteiger partial charge in [0, 0.05) is 12.6 Å². The number of rotatable bonds is 6. The minimum Gasteiger partial charge on any atom is -0.479 e. The molecule has 0 fully saturated rings. The van der Waals surface area contributed by atoms with E-state index < -0.39 is 36.1 Å². The van der Waals surface area contributed by atoms with E-state index in [1.807, 2.05) is 6.92 Å². The molecule has 1 amide bonds. The van der Waals surface area contributed by atoms with Gasteiger partial charge in [-0.2, -0.15) is 13.2 Å². The topological polar surface area (TPSA) is 93.4 Å². The number of amides is 1. The monoisotopic (exact) mass is 421 g/mol. The van der Waals surface area contributed by atoms with Gasteiger partial charge in [-0.1, -0.05) is 25.1 Å². The Morgan fingerprint density at radius 1 is 1.23 bits per heavy atom. The summed E-state index contributed by atoms with van der Waals surface area (Å²) in [7, 11) is 1.40. The Morgan fingerprint density at radius 3 is 2.47 bits per heavy atom. The fraction of sp³-hybridized carbons (Fsp3) is 0.250. The summed E-state index contributed by atoms with van der Waals surface area (Å²) in [5, 5.41) is 12.1. The van der Waals surface area contributed by atoms with Crippen LogP contribution in [0.25, 0.3) is 11.0 Å². The number of hydrogen-bond donors (Lipinski definition) is 2. The van der Waals surface area contributed by atoms with E-state index in [1.54, 1.807) is 36.4 Å². The maximum Gasteiger partial charge on any atom is 0.422 e. The highest BCUT2D eigenvalue weighted by atomic mass is 19.4. The molecule has 2 aromatic heterocycles. The number of aryl methyl sites for hydroxylation is 2. The van der Waals surface area contributed by atoms with E-state index in [0.29, 0.717) is 17.5 Å². The summed E-state index contributed by atoms with van der Waals surface area (Å²) in [6, 6.07) is 9.90. The molecule has 0 aliphatic rings. The van der Waals surface area contributed by atoms with Crippen LogP contribution in [-0.4, -0.2) is 39.3 Å². The first-order chi connectivity index (χ1) is 14.1. The van der Waals surface area contributed by atoms with Crippen molar-refractivity contribution in [1.82, 2.24) is 9.55 Å². The Kier molecular flexibility index (Phi) is 5.68. The number of anilines is 1. The molecule has 0 atom stereocenters. The first-order valence-corrected chi connectivity index (χ1v) is 8.94. The van der Waals surface area contributed by atoms with Crippen LogP contribution in [0.1, 0.15) is 33.3 Å². The molecule has 0 unspecified atom stereocenters. The van der Waals surface area contributed by atoms with Crippen molar-refractivity contribution in [3.63, 3.8) is 0 Å². The van der Waals surface area contributed by atoms with Gasteiger partial charge in [0.15, 0.2) is 18.1 Å². The minimum absolute atomic E-state index is 0.0836. The van der Waals surface area contributed by atoms with Crippen molar-refractivity contribution in [1.29, 1.82) is 0 Å². The molecule has 7 nitrogen and oxygen atoms in total. The summed E-state index contributed by atoms with van der Waals surface area (Å²) >= 11 is 0. The second-order valence-electron chi connectivity index (χ2n) is 6.48. The molecule has 0 saturated carbocycles. The van der Waals surface area contributed by atoms with Crippen molar-refractivity contribution in [2.45, 2.75) is 19.5 Å². The average Bonchev–Trinajstić information content (AvgIpc) is 2.97. The Morgan fingerprint density at radius 2 is 1.90 bits per heavy atom. The van der Waals surface area contributed by atoms with Crippen molar-refractivity contribution in [2.75, 3.05) is 11.9 Å². The number of nitrogens with zero attached hydrogens (tertiary/aromatic N) is 2. The van der Waals surface area contributed by atoms with Gasteiger partial charge in [-0.25, -0.2) is 9.78 Å². The number of hydrogen-bond acceptors (Lipinski definition) is 4. The van der Waals surface area contributed by atoms with Crippen LogP contribution in [0.4, 0.5) is 19.0 Å². The van der Waals surface area contributed by atoms with Gasteiger partial charge in [-0.15, -0.1) is 0 Å². The molecule has 0 aliphatic heterocycles. The van der Waals surface area contributed by atoms with Crippen molar-refractivity contribution >= 4 is 28.7 Å². The number of carbonyl (C=O) groups is 2. The number of alkyl halides is 3. The van der Waals surface area contributed by atoms with Crippen LogP contribution in [-0.2, 0) is 13.5 Å². The van der Waals surface area contributed by atoms with Gasteiger partial charge in [0.1, 0.15) is 11.3 Å². The molecular formula is C20H18F3N3O4. The van der Waals surface area contributed by atoms with E-state index in [4.69, 9.17) is 4.74 Å². The molecule has 30 heavy (non-hydrogen) atoms. The number of carbonyl (C=O) groups excluding carboxylic acids is 1. The maximum absolute atomic E-state index is 12.7. The SMILES string of the molecule is CCc1cc2c(nc1NC(=O)c1ccccc1)c(OCC(F)(F)F)c(C(=O)O)n2C. The number of pyridine rings is 1. The number of carboxylic acid groups (broad SMARTS) is 1. The van der Waals surface area contributed by atoms with Crippen molar-refractivity contribution in [2.24, 2.45) is 7.05 Å². The zero-order chi connectivity index (χ0) is 22.1. The van der Waals surface area contributed by atoms with Gasteiger partial charge in [-0.3, -0.25) is 4.79 Å². The summed E-state index contributed by atoms with van der Waals surface area (Å²) in [4.78, 5) is 28.4. The normalized spacial score (nSPS) is 11.5. The first kappa shape index (κ1) is 21.2. The summed E-state index contributed by atoms with van der Waals surface area (Å²) in [5.41, 5.74) is 0.690. The lowest BCUT2D eigenvalue weighted by Crippen LogP contribution is -2.20. The van der Waals surface area contributed by atoms with Crippen LogP contribution in [0.2, 0.25) is 0 Å². The highest BCUT2D eigenvalue weighted by Gasteiger charge is 2.32. The van der Waals surface area contributed by atoms with Crippen LogP contribution in [0, 0.1) is 0 Å². The summed E-state index contributed by atoms with van der Waals surface area (Å²) in [6.07, 6.45) is -4.22. The second kappa shape index (κ2) is 8.05. The van der Waals surface area contributed by atoms with Crippen LogP contribution in [0.15, 0.2) is 36.4 Å². The molecule has 3 rings (SSSR count). The molecule has 0 spiro atoms. The second-order valence-corrected chi connectivity index (χ2v) is 6.48. The molecule has 2 heterocycles. The number of ether oxygens (including phenoxy) is 1. The molecule has 2 N–H and O–H groups in total. The third-order valence-corrected chi connectivity index (χ3v) is 4.44. The maximum atomic E-state index is 12.7. The lowest BCUT2D eigenvalue weighted by molar-refractivity contribution is -0.153. The third-order valence-electron chi connectivity index (χ3n) is 4.44. The largest absolute Gasteiger partial charge is 0.479 e. The standard InChI is InChI=1S/C20H18F3N3O4/c1-3-11-9-13-14(24-17(11)25-18(27)12-7-5-4-6-8-12)16(30-10-20(21,22)23)15(19(28)29)26(13)2/h4-9H,3,10H2,1-2H3,(H,28,29)(H,24,25,27). The molecule has 3 aromatic rings. The first-order valence-electron chi connectivity index (χ1n) is 8.94. The smallest absolute Gasteiger partial charge is 0.422 e. The fourth-order valence-corrected chi connectivity index (χ4v) is 3.03. The zero-order valence-corrected chi connectivity index (χ0v) is 16.1. The number of aromatic carboxylic acids is 1. The predicted octanol–water partition coefficient (Wildman–Crippen LogP) is 4.03. The van der Waals surface area contributed by atoms with Gasteiger partial charge < -0.3 is 19.7 Å². The van der Waals surface area contributed by atoms with E-state index in [0.717, 1.165) is 0 Å². The Hall–Kier alpha value is -3.56. The van der Waals surface area contributed by atoms with Gasteiger partial charge >= 0.3 is 12.1 Å². The lowest BCUT2D eigenvalue weighted by Gasteiger charge is -2.11. The lowest BCUT2D eigenvalue weighted by atomic mass is 10.1. The molecule has 0 saturated heterocycles. The quantitative estimate of drug-likeness (QED) is 0.627. The highest BCUT2D eigenvalue weighted by molar-refractivity contribution is 6.05. The average molecular weight is 421 g/mol. The molecule has 0 bridgehead atoms. The predicted molar refractivity (Wildman–Crippen MR) is 103 cm³/mol. The Balaban J connectivity index is 2.12. The van der Waals surface area contributed by atoms with Gasteiger partial charge in [0.05, 0.1) is 5.52 Å². The van der Waals surface area contributed by atoms with E-state index in [9.17, 15) is 27.9 Å². The fourth-order valence-electron chi connectivity index (χ4n) is 3.03. The molecule has 0 radical (unpaired) electrons. The Labute approximate surface area is 169 Å². The van der Waals surface area contributed by atoms with Gasteiger partial charge in [0.25, 0.3) is 5.91 Å². The molecule has 0 aliphatic carbocycles. The van der Waals surface area contributed by atoms with Crippen molar-refractivity contribution in [3.05, 3.63) is 53.2 Å². The van der Waals surface area contributed by atoms with Crippen molar-refractivity contribution < 1.29 is 32.6 Å². The summed E-state index contributed by atoms with van der Waals surface area (Å²) in [5.74, 6) is -2.29. The zero-order valence-electron chi connectivity index (χ0n) is 16.1. The van der Waals surface area contributed by atoms with Gasteiger partial charge in [-0.05, 0) is 30.2 Å². The number of aromatic nitrogens is 2. The number of benzene rings is 1. The van der Waals surface area contributed by atoms with E-state index in [1.165, 1.54) is 11.6 Å². The summed E-state index contributed by atoms with van der Waals surface area (Å²) < 4.78 is 44.1. The van der Waals surface area contributed by atoms with E-state index >= 15 is 0 Å². The molecule has 158 valence electrons. The number of carboxylic acids is 1.